The van der Waals surface area contributed by atoms with Gasteiger partial charge in [-0.1, -0.05) is 18.2 Å². The molecule has 5 rings (SSSR count). The van der Waals surface area contributed by atoms with Gasteiger partial charge >= 0.3 is 0 Å². The third kappa shape index (κ3) is 4.05. The first-order valence-electron chi connectivity index (χ1n) is 10.9. The van der Waals surface area contributed by atoms with Crippen LogP contribution in [0.1, 0.15) is 33.2 Å². The molecule has 8 heteroatoms. The molecule has 1 aromatic carbocycles. The normalized spacial score (nSPS) is 16.0. The van der Waals surface area contributed by atoms with Crippen LogP contribution in [0.5, 0.6) is 5.75 Å². The van der Waals surface area contributed by atoms with E-state index in [1.54, 1.807) is 19.2 Å². The second-order valence-corrected chi connectivity index (χ2v) is 7.93. The number of fused-ring (bicyclic) bond motifs is 1. The van der Waals surface area contributed by atoms with Gasteiger partial charge in [0.1, 0.15) is 17.4 Å². The van der Waals surface area contributed by atoms with Crippen LogP contribution in [-0.4, -0.2) is 60.7 Å². The zero-order valence-corrected chi connectivity index (χ0v) is 18.1. The largest absolute Gasteiger partial charge is 0.496 e. The Morgan fingerprint density at radius 3 is 2.72 bits per heavy atom. The van der Waals surface area contributed by atoms with Gasteiger partial charge in [-0.3, -0.25) is 4.79 Å². The molecule has 2 aliphatic heterocycles. The van der Waals surface area contributed by atoms with Crippen LogP contribution in [-0.2, 0) is 24.1 Å². The van der Waals surface area contributed by atoms with E-state index < -0.39 is 0 Å². The molecule has 32 heavy (non-hydrogen) atoms. The quantitative estimate of drug-likeness (QED) is 0.611. The van der Waals surface area contributed by atoms with Crippen LogP contribution in [0.15, 0.2) is 47.1 Å². The fourth-order valence-electron chi connectivity index (χ4n) is 4.31. The number of methoxy groups -OCH3 is 1. The van der Waals surface area contributed by atoms with Crippen molar-refractivity contribution in [1.82, 2.24) is 14.9 Å². The maximum atomic E-state index is 12.9. The first-order valence-corrected chi connectivity index (χ1v) is 10.9. The van der Waals surface area contributed by atoms with Gasteiger partial charge in [-0.25, -0.2) is 9.97 Å². The van der Waals surface area contributed by atoms with Crippen molar-refractivity contribution in [3.8, 4) is 5.75 Å². The number of amides is 1. The number of hydrogen-bond donors (Lipinski definition) is 0. The fourth-order valence-corrected chi connectivity index (χ4v) is 4.31. The Bertz CT molecular complexity index is 1090. The summed E-state index contributed by atoms with van der Waals surface area (Å²) in [5.74, 6) is 2.75. The molecule has 0 aliphatic carbocycles. The van der Waals surface area contributed by atoms with Gasteiger partial charge in [-0.2, -0.15) is 0 Å². The molecule has 2 aromatic heterocycles. The van der Waals surface area contributed by atoms with Gasteiger partial charge in [0.05, 0.1) is 38.8 Å². The van der Waals surface area contributed by atoms with Crippen LogP contribution in [0.2, 0.25) is 0 Å². The van der Waals surface area contributed by atoms with Crippen LogP contribution < -0.4 is 9.64 Å². The van der Waals surface area contributed by atoms with Crippen LogP contribution in [0.3, 0.4) is 0 Å². The van der Waals surface area contributed by atoms with Crippen molar-refractivity contribution in [2.24, 2.45) is 0 Å². The average Bonchev–Trinajstić information content (AvgIpc) is 3.39. The van der Waals surface area contributed by atoms with Crippen molar-refractivity contribution in [3.63, 3.8) is 0 Å². The molecule has 0 radical (unpaired) electrons. The van der Waals surface area contributed by atoms with Crippen molar-refractivity contribution in [3.05, 3.63) is 71.1 Å². The fraction of sp³-hybridized carbons (Fsp3) is 0.375. The van der Waals surface area contributed by atoms with Crippen LogP contribution in [0.25, 0.3) is 0 Å². The topological polar surface area (TPSA) is 80.9 Å². The van der Waals surface area contributed by atoms with E-state index in [-0.39, 0.29) is 5.91 Å². The highest BCUT2D eigenvalue weighted by atomic mass is 16.5. The number of carbonyl (C=O) groups is 1. The van der Waals surface area contributed by atoms with E-state index in [9.17, 15) is 4.79 Å². The van der Waals surface area contributed by atoms with Gasteiger partial charge in [0.25, 0.3) is 5.91 Å². The number of benzene rings is 1. The zero-order valence-electron chi connectivity index (χ0n) is 18.1. The molecule has 1 saturated heterocycles. The minimum absolute atomic E-state index is 0.105. The molecule has 0 atom stereocenters. The number of hydrogen-bond acceptors (Lipinski definition) is 7. The summed E-state index contributed by atoms with van der Waals surface area (Å²) in [6.07, 6.45) is 2.79. The molecule has 1 fully saturated rings. The Hall–Kier alpha value is -3.39. The summed E-state index contributed by atoms with van der Waals surface area (Å²) in [5.41, 5.74) is 3.07. The van der Waals surface area contributed by atoms with E-state index in [1.165, 1.54) is 6.26 Å². The Balaban J connectivity index is 1.49. The summed E-state index contributed by atoms with van der Waals surface area (Å²) in [5, 5.41) is 0. The van der Waals surface area contributed by atoms with Gasteiger partial charge in [0, 0.05) is 43.6 Å². The summed E-state index contributed by atoms with van der Waals surface area (Å²) in [6, 6.07) is 11.4. The van der Waals surface area contributed by atoms with Crippen LogP contribution in [0, 0.1) is 0 Å². The number of para-hydroxylation sites is 1. The Morgan fingerprint density at radius 1 is 1.09 bits per heavy atom. The third-order valence-electron chi connectivity index (χ3n) is 5.96. The highest BCUT2D eigenvalue weighted by molar-refractivity contribution is 5.91. The van der Waals surface area contributed by atoms with E-state index in [2.05, 4.69) is 4.90 Å². The van der Waals surface area contributed by atoms with E-state index in [0.29, 0.717) is 44.9 Å². The second-order valence-electron chi connectivity index (χ2n) is 7.93. The monoisotopic (exact) mass is 434 g/mol. The smallest absolute Gasteiger partial charge is 0.289 e. The summed E-state index contributed by atoms with van der Waals surface area (Å²) in [4.78, 5) is 26.8. The minimum atomic E-state index is -0.105. The lowest BCUT2D eigenvalue weighted by atomic mass is 10.0. The first-order chi connectivity index (χ1) is 15.7. The zero-order chi connectivity index (χ0) is 21.9. The average molecular weight is 434 g/mol. The molecular formula is C24H26N4O4. The summed E-state index contributed by atoms with van der Waals surface area (Å²) in [6.45, 7) is 3.93. The number of carbonyl (C=O) groups excluding carboxylic acids is 1. The molecule has 0 N–H and O–H groups in total. The van der Waals surface area contributed by atoms with Gasteiger partial charge < -0.3 is 23.7 Å². The van der Waals surface area contributed by atoms with Gasteiger partial charge in [-0.15, -0.1) is 0 Å². The summed E-state index contributed by atoms with van der Waals surface area (Å²) < 4.78 is 16.4. The lowest BCUT2D eigenvalue weighted by Gasteiger charge is -2.34. The Kier molecular flexibility index (Phi) is 5.77. The molecule has 3 aromatic rings. The third-order valence-corrected chi connectivity index (χ3v) is 5.96. The maximum Gasteiger partial charge on any atom is 0.289 e. The highest BCUT2D eigenvalue weighted by Gasteiger charge is 2.29. The number of aromatic nitrogens is 2. The summed E-state index contributed by atoms with van der Waals surface area (Å²) in [7, 11) is 1.68. The first kappa shape index (κ1) is 20.5. The molecule has 0 bridgehead atoms. The number of morpholine rings is 1. The molecule has 8 nitrogen and oxygen atoms in total. The SMILES string of the molecule is COc1ccccc1Cc1nc2c(c(N3CCOCC3)n1)CN(C(=O)c1ccco1)CC2. The minimum Gasteiger partial charge on any atom is -0.496 e. The number of nitrogens with zero attached hydrogens (tertiary/aromatic N) is 4. The lowest BCUT2D eigenvalue weighted by Crippen LogP contribution is -2.41. The number of furan rings is 1. The number of ether oxygens (including phenoxy) is 2. The van der Waals surface area contributed by atoms with Crippen molar-refractivity contribution in [1.29, 1.82) is 0 Å². The predicted molar refractivity (Wildman–Crippen MR) is 118 cm³/mol. The lowest BCUT2D eigenvalue weighted by molar-refractivity contribution is 0.0700. The van der Waals surface area contributed by atoms with Gasteiger partial charge in [0.15, 0.2) is 5.76 Å². The van der Waals surface area contributed by atoms with Crippen molar-refractivity contribution in [2.45, 2.75) is 19.4 Å². The molecule has 166 valence electrons. The van der Waals surface area contributed by atoms with E-state index in [0.717, 1.165) is 47.3 Å². The van der Waals surface area contributed by atoms with E-state index >= 15 is 0 Å². The van der Waals surface area contributed by atoms with Crippen LogP contribution in [0.4, 0.5) is 5.82 Å². The van der Waals surface area contributed by atoms with E-state index in [1.807, 2.05) is 29.2 Å². The Morgan fingerprint density at radius 2 is 1.94 bits per heavy atom. The molecule has 2 aliphatic rings. The van der Waals surface area contributed by atoms with Crippen molar-refractivity contribution in [2.75, 3.05) is 44.9 Å². The molecule has 4 heterocycles. The molecular weight excluding hydrogens is 408 g/mol. The molecule has 0 unspecified atom stereocenters. The highest BCUT2D eigenvalue weighted by Crippen LogP contribution is 2.29. The molecule has 1 amide bonds. The maximum absolute atomic E-state index is 12.9. The standard InChI is InChI=1S/C24H26N4O4/c1-30-20-6-3-2-5-17(20)15-22-25-19-8-9-28(24(29)21-7-4-12-32-21)16-18(19)23(26-22)27-10-13-31-14-11-27/h2-7,12H,8-11,13-16H2,1H3. The predicted octanol–water partition coefficient (Wildman–Crippen LogP) is 2.70. The number of anilines is 1. The molecule has 0 spiro atoms. The van der Waals surface area contributed by atoms with Crippen molar-refractivity contribution < 1.29 is 18.7 Å². The second kappa shape index (κ2) is 9.00. The van der Waals surface area contributed by atoms with Gasteiger partial charge in [-0.05, 0) is 18.2 Å². The van der Waals surface area contributed by atoms with Gasteiger partial charge in [0.2, 0.25) is 0 Å². The summed E-state index contributed by atoms with van der Waals surface area (Å²) >= 11 is 0. The van der Waals surface area contributed by atoms with Crippen molar-refractivity contribution >= 4 is 11.7 Å². The Labute approximate surface area is 186 Å². The van der Waals surface area contributed by atoms with Crippen LogP contribution >= 0.6 is 0 Å². The number of rotatable bonds is 5. The molecule has 0 saturated carbocycles. The van der Waals surface area contributed by atoms with E-state index in [4.69, 9.17) is 23.9 Å².